The Balaban J connectivity index is 2.51. The molecular weight excluding hydrogens is 254 g/mol. The lowest BCUT2D eigenvalue weighted by atomic mass is 10.1. The van der Waals surface area contributed by atoms with Gasteiger partial charge in [0, 0.05) is 5.02 Å². The molecule has 90 valence electrons. The molecule has 0 atom stereocenters. The van der Waals surface area contributed by atoms with E-state index in [1.165, 1.54) is 24.4 Å². The first-order valence-electron chi connectivity index (χ1n) is 4.53. The highest BCUT2D eigenvalue weighted by atomic mass is 35.5. The van der Waals surface area contributed by atoms with Gasteiger partial charge >= 0.3 is 6.61 Å². The average molecular weight is 261 g/mol. The second-order valence-electron chi connectivity index (χ2n) is 3.13. The predicted molar refractivity (Wildman–Crippen MR) is 58.0 cm³/mol. The van der Waals surface area contributed by atoms with Crippen molar-refractivity contribution in [1.82, 2.24) is 5.16 Å². The van der Waals surface area contributed by atoms with E-state index >= 15 is 0 Å². The van der Waals surface area contributed by atoms with Crippen molar-refractivity contribution in [3.8, 4) is 17.1 Å². The number of hydrogen-bond donors (Lipinski definition) is 1. The van der Waals surface area contributed by atoms with Crippen LogP contribution in [0.4, 0.5) is 14.5 Å². The van der Waals surface area contributed by atoms with Gasteiger partial charge in [0.1, 0.15) is 11.4 Å². The van der Waals surface area contributed by atoms with Gasteiger partial charge < -0.3 is 15.0 Å². The maximum Gasteiger partial charge on any atom is 0.387 e. The van der Waals surface area contributed by atoms with Crippen LogP contribution >= 0.6 is 11.6 Å². The molecule has 0 aliphatic rings. The first kappa shape index (κ1) is 11.7. The Kier molecular flexibility index (Phi) is 3.14. The number of anilines is 1. The molecule has 0 fully saturated rings. The lowest BCUT2D eigenvalue weighted by molar-refractivity contribution is -0.0495. The molecule has 2 N–H and O–H groups in total. The molecular formula is C10H7ClF2N2O2. The zero-order valence-electron chi connectivity index (χ0n) is 8.36. The summed E-state index contributed by atoms with van der Waals surface area (Å²) in [4.78, 5) is 0. The molecule has 0 amide bonds. The highest BCUT2D eigenvalue weighted by molar-refractivity contribution is 6.31. The Morgan fingerprint density at radius 2 is 2.18 bits per heavy atom. The van der Waals surface area contributed by atoms with E-state index in [1.54, 1.807) is 0 Å². The minimum absolute atomic E-state index is 0.0761. The number of nitrogens with zero attached hydrogens (tertiary/aromatic N) is 1. The number of halogens is 3. The summed E-state index contributed by atoms with van der Waals surface area (Å²) in [7, 11) is 0. The minimum Gasteiger partial charge on any atom is -0.434 e. The van der Waals surface area contributed by atoms with Crippen molar-refractivity contribution in [2.75, 3.05) is 5.73 Å². The van der Waals surface area contributed by atoms with E-state index in [1.807, 2.05) is 0 Å². The molecule has 0 bridgehead atoms. The van der Waals surface area contributed by atoms with E-state index in [4.69, 9.17) is 21.9 Å². The van der Waals surface area contributed by atoms with Gasteiger partial charge in [-0.2, -0.15) is 8.78 Å². The van der Waals surface area contributed by atoms with Gasteiger partial charge in [-0.3, -0.25) is 0 Å². The largest absolute Gasteiger partial charge is 0.434 e. The third-order valence-electron chi connectivity index (χ3n) is 2.00. The zero-order chi connectivity index (χ0) is 12.4. The summed E-state index contributed by atoms with van der Waals surface area (Å²) in [5.41, 5.74) is 6.02. The number of rotatable bonds is 3. The van der Waals surface area contributed by atoms with Crippen LogP contribution in [-0.2, 0) is 0 Å². The van der Waals surface area contributed by atoms with E-state index < -0.39 is 6.61 Å². The first-order valence-corrected chi connectivity index (χ1v) is 4.90. The Hall–Kier alpha value is -1.82. The molecule has 0 saturated heterocycles. The molecule has 1 aromatic carbocycles. The lowest BCUT2D eigenvalue weighted by Crippen LogP contribution is -2.03. The topological polar surface area (TPSA) is 61.3 Å². The third kappa shape index (κ3) is 2.47. The molecule has 2 rings (SSSR count). The molecule has 0 aliphatic carbocycles. The van der Waals surface area contributed by atoms with Crippen LogP contribution in [0.15, 0.2) is 28.9 Å². The number of benzene rings is 1. The predicted octanol–water partition coefficient (Wildman–Crippen LogP) is 3.18. The van der Waals surface area contributed by atoms with Gasteiger partial charge in [-0.25, -0.2) is 0 Å². The van der Waals surface area contributed by atoms with Gasteiger partial charge in [-0.15, -0.1) is 0 Å². The molecule has 17 heavy (non-hydrogen) atoms. The zero-order valence-corrected chi connectivity index (χ0v) is 9.12. The van der Waals surface area contributed by atoms with Gasteiger partial charge in [0.15, 0.2) is 5.76 Å². The second kappa shape index (κ2) is 4.58. The van der Waals surface area contributed by atoms with E-state index in [-0.39, 0.29) is 22.8 Å². The highest BCUT2D eigenvalue weighted by Crippen LogP contribution is 2.36. The van der Waals surface area contributed by atoms with Crippen LogP contribution in [0.3, 0.4) is 0 Å². The fourth-order valence-corrected chi connectivity index (χ4v) is 1.50. The van der Waals surface area contributed by atoms with Crippen molar-refractivity contribution in [3.63, 3.8) is 0 Å². The minimum atomic E-state index is -2.95. The highest BCUT2D eigenvalue weighted by Gasteiger charge is 2.17. The van der Waals surface area contributed by atoms with Crippen molar-refractivity contribution in [2.45, 2.75) is 6.61 Å². The van der Waals surface area contributed by atoms with E-state index in [2.05, 4.69) is 9.89 Å². The Morgan fingerprint density at radius 1 is 1.41 bits per heavy atom. The third-order valence-corrected chi connectivity index (χ3v) is 2.24. The number of aromatic nitrogens is 1. The maximum absolute atomic E-state index is 12.2. The van der Waals surface area contributed by atoms with Crippen LogP contribution in [-0.4, -0.2) is 11.8 Å². The summed E-state index contributed by atoms with van der Waals surface area (Å²) in [6.07, 6.45) is 1.27. The quantitative estimate of drug-likeness (QED) is 0.921. The fraction of sp³-hybridized carbons (Fsp3) is 0.100. The second-order valence-corrected chi connectivity index (χ2v) is 3.57. The molecule has 0 unspecified atom stereocenters. The molecule has 0 radical (unpaired) electrons. The number of alkyl halides is 2. The summed E-state index contributed by atoms with van der Waals surface area (Å²) in [6, 6.07) is 4.15. The van der Waals surface area contributed by atoms with Gasteiger partial charge in [0.2, 0.25) is 0 Å². The smallest absolute Gasteiger partial charge is 0.387 e. The average Bonchev–Trinajstić information content (AvgIpc) is 2.66. The summed E-state index contributed by atoms with van der Waals surface area (Å²) in [5.74, 6) is 0.0657. The van der Waals surface area contributed by atoms with Crippen molar-refractivity contribution in [1.29, 1.82) is 0 Å². The van der Waals surface area contributed by atoms with Crippen LogP contribution in [0.5, 0.6) is 5.75 Å². The van der Waals surface area contributed by atoms with Gasteiger partial charge in [-0.1, -0.05) is 16.8 Å². The molecule has 1 aromatic heterocycles. The SMILES string of the molecule is Nc1cnoc1-c1cc(Cl)ccc1OC(F)F. The van der Waals surface area contributed by atoms with E-state index in [0.717, 1.165) is 0 Å². The van der Waals surface area contributed by atoms with E-state index in [0.29, 0.717) is 5.02 Å². The van der Waals surface area contributed by atoms with Crippen LogP contribution in [0.2, 0.25) is 5.02 Å². The Morgan fingerprint density at radius 3 is 2.76 bits per heavy atom. The monoisotopic (exact) mass is 260 g/mol. The summed E-state index contributed by atoms with van der Waals surface area (Å²) in [6.45, 7) is -2.95. The molecule has 0 spiro atoms. The van der Waals surface area contributed by atoms with Crippen LogP contribution in [0.25, 0.3) is 11.3 Å². The number of hydrogen-bond acceptors (Lipinski definition) is 4. The maximum atomic E-state index is 12.2. The Bertz CT molecular complexity index is 531. The Labute approximate surface area is 99.9 Å². The standard InChI is InChI=1S/C10H7ClF2N2O2/c11-5-1-2-8(16-10(12)13)6(3-5)9-7(14)4-15-17-9/h1-4,10H,14H2. The first-order chi connectivity index (χ1) is 8.08. The van der Waals surface area contributed by atoms with Crippen molar-refractivity contribution >= 4 is 17.3 Å². The summed E-state index contributed by atoms with van der Waals surface area (Å²) in [5, 5.41) is 3.81. The lowest BCUT2D eigenvalue weighted by Gasteiger charge is -2.09. The molecule has 7 heteroatoms. The van der Waals surface area contributed by atoms with E-state index in [9.17, 15) is 8.78 Å². The van der Waals surface area contributed by atoms with Gasteiger partial charge in [0.05, 0.1) is 11.8 Å². The molecule has 1 heterocycles. The van der Waals surface area contributed by atoms with Crippen LogP contribution in [0, 0.1) is 0 Å². The molecule has 4 nitrogen and oxygen atoms in total. The fourth-order valence-electron chi connectivity index (χ4n) is 1.33. The van der Waals surface area contributed by atoms with Crippen molar-refractivity contribution in [3.05, 3.63) is 29.4 Å². The number of nitrogen functional groups attached to an aromatic ring is 1. The number of ether oxygens (including phenoxy) is 1. The summed E-state index contributed by atoms with van der Waals surface area (Å²) >= 11 is 5.78. The summed E-state index contributed by atoms with van der Waals surface area (Å²) < 4.78 is 33.6. The van der Waals surface area contributed by atoms with Crippen molar-refractivity contribution in [2.24, 2.45) is 0 Å². The number of nitrogens with two attached hydrogens (primary N) is 1. The van der Waals surface area contributed by atoms with Crippen LogP contribution < -0.4 is 10.5 Å². The van der Waals surface area contributed by atoms with Crippen molar-refractivity contribution < 1.29 is 18.0 Å². The molecule has 0 aliphatic heterocycles. The molecule has 2 aromatic rings. The van der Waals surface area contributed by atoms with Gasteiger partial charge in [0.25, 0.3) is 0 Å². The normalized spacial score (nSPS) is 10.8. The van der Waals surface area contributed by atoms with Crippen LogP contribution in [0.1, 0.15) is 0 Å². The van der Waals surface area contributed by atoms with Gasteiger partial charge in [-0.05, 0) is 18.2 Å². The molecule has 0 saturated carbocycles.